The van der Waals surface area contributed by atoms with Gasteiger partial charge in [-0.2, -0.15) is 0 Å². The monoisotopic (exact) mass is 263 g/mol. The average molecular weight is 263 g/mol. The van der Waals surface area contributed by atoms with Crippen molar-refractivity contribution >= 4 is 16.9 Å². The van der Waals surface area contributed by atoms with Crippen molar-refractivity contribution in [2.24, 2.45) is 0 Å². The lowest BCUT2D eigenvalue weighted by molar-refractivity contribution is 0.0950. The molecule has 0 aliphatic carbocycles. The summed E-state index contributed by atoms with van der Waals surface area (Å²) in [5.74, 6) is -0.111. The molecule has 3 rings (SSSR count). The molecule has 0 aliphatic heterocycles. The Morgan fingerprint density at radius 1 is 0.950 bits per heavy atom. The van der Waals surface area contributed by atoms with Crippen LogP contribution in [0, 0.1) is 0 Å². The molecule has 0 atom stereocenters. The van der Waals surface area contributed by atoms with E-state index in [2.05, 4.69) is 15.3 Å². The zero-order valence-electron chi connectivity index (χ0n) is 10.8. The maximum Gasteiger partial charge on any atom is 0.251 e. The molecule has 0 bridgehead atoms. The molecule has 4 nitrogen and oxygen atoms in total. The number of benzene rings is 2. The molecule has 0 radical (unpaired) electrons. The van der Waals surface area contributed by atoms with E-state index < -0.39 is 0 Å². The molecule has 0 unspecified atom stereocenters. The summed E-state index contributed by atoms with van der Waals surface area (Å²) in [5.41, 5.74) is 3.07. The van der Waals surface area contributed by atoms with Crippen molar-refractivity contribution in [2.75, 3.05) is 0 Å². The molecule has 0 spiro atoms. The summed E-state index contributed by atoms with van der Waals surface area (Å²) in [6.07, 6.45) is 1.69. The summed E-state index contributed by atoms with van der Waals surface area (Å²) >= 11 is 0. The summed E-state index contributed by atoms with van der Waals surface area (Å²) in [6, 6.07) is 16.8. The van der Waals surface area contributed by atoms with Gasteiger partial charge < -0.3 is 5.32 Å². The third-order valence-electron chi connectivity index (χ3n) is 2.96. The average Bonchev–Trinajstić information content (AvgIpc) is 2.53. The first-order valence-electron chi connectivity index (χ1n) is 6.37. The highest BCUT2D eigenvalue weighted by atomic mass is 16.1. The van der Waals surface area contributed by atoms with Crippen molar-refractivity contribution in [1.29, 1.82) is 0 Å². The fourth-order valence-electron chi connectivity index (χ4n) is 1.94. The number of nitrogens with zero attached hydrogens (tertiary/aromatic N) is 2. The molecule has 1 heterocycles. The highest BCUT2D eigenvalue weighted by Crippen LogP contribution is 2.08. The number of fused-ring (bicyclic) bond motifs is 1. The first kappa shape index (κ1) is 12.3. The molecule has 0 saturated carbocycles. The summed E-state index contributed by atoms with van der Waals surface area (Å²) in [6.45, 7) is 0.367. The van der Waals surface area contributed by atoms with Crippen LogP contribution in [0.25, 0.3) is 11.0 Å². The highest BCUT2D eigenvalue weighted by molar-refractivity contribution is 5.94. The van der Waals surface area contributed by atoms with Gasteiger partial charge in [-0.3, -0.25) is 9.78 Å². The minimum Gasteiger partial charge on any atom is -0.346 e. The summed E-state index contributed by atoms with van der Waals surface area (Å²) in [5, 5.41) is 2.84. The number of para-hydroxylation sites is 2. The van der Waals surface area contributed by atoms with Gasteiger partial charge in [0.1, 0.15) is 0 Å². The predicted octanol–water partition coefficient (Wildman–Crippen LogP) is 2.56. The summed E-state index contributed by atoms with van der Waals surface area (Å²) < 4.78 is 0. The van der Waals surface area contributed by atoms with Crippen LogP contribution in [0.3, 0.4) is 0 Å². The lowest BCUT2D eigenvalue weighted by atomic mass is 10.2. The van der Waals surface area contributed by atoms with Gasteiger partial charge >= 0.3 is 0 Å². The number of hydrogen-bond donors (Lipinski definition) is 1. The van der Waals surface area contributed by atoms with E-state index in [0.29, 0.717) is 12.1 Å². The van der Waals surface area contributed by atoms with Crippen LogP contribution in [0.4, 0.5) is 0 Å². The van der Waals surface area contributed by atoms with Crippen molar-refractivity contribution in [2.45, 2.75) is 6.54 Å². The predicted molar refractivity (Wildman–Crippen MR) is 77.2 cm³/mol. The molecular weight excluding hydrogens is 250 g/mol. The van der Waals surface area contributed by atoms with E-state index in [-0.39, 0.29) is 5.91 Å². The Hall–Kier alpha value is -2.75. The number of hydrogen-bond acceptors (Lipinski definition) is 3. The maximum atomic E-state index is 11.9. The molecule has 1 amide bonds. The third kappa shape index (κ3) is 2.64. The zero-order valence-corrected chi connectivity index (χ0v) is 10.8. The third-order valence-corrected chi connectivity index (χ3v) is 2.96. The van der Waals surface area contributed by atoms with Crippen LogP contribution in [0.5, 0.6) is 0 Å². The van der Waals surface area contributed by atoms with Gasteiger partial charge in [-0.1, -0.05) is 30.3 Å². The van der Waals surface area contributed by atoms with E-state index in [1.54, 1.807) is 18.3 Å². The Bertz CT molecular complexity index is 741. The van der Waals surface area contributed by atoms with Crippen molar-refractivity contribution < 1.29 is 4.79 Å². The van der Waals surface area contributed by atoms with Crippen LogP contribution < -0.4 is 5.32 Å². The molecule has 0 saturated heterocycles. The van der Waals surface area contributed by atoms with Gasteiger partial charge in [0.05, 0.1) is 29.5 Å². The molecular formula is C16H13N3O. The van der Waals surface area contributed by atoms with Crippen LogP contribution in [0.15, 0.2) is 60.8 Å². The first-order chi connectivity index (χ1) is 9.83. The molecule has 98 valence electrons. The number of carbonyl (C=O) groups excluding carboxylic acids is 1. The summed E-state index contributed by atoms with van der Waals surface area (Å²) in [7, 11) is 0. The minimum atomic E-state index is -0.111. The zero-order chi connectivity index (χ0) is 13.8. The van der Waals surface area contributed by atoms with Crippen molar-refractivity contribution in [3.05, 3.63) is 72.1 Å². The van der Waals surface area contributed by atoms with Crippen LogP contribution >= 0.6 is 0 Å². The normalized spacial score (nSPS) is 10.4. The second-order valence-electron chi connectivity index (χ2n) is 4.40. The lowest BCUT2D eigenvalue weighted by Crippen LogP contribution is -2.23. The number of nitrogens with one attached hydrogen (secondary N) is 1. The molecule has 0 aliphatic rings. The van der Waals surface area contributed by atoms with Crippen LogP contribution in [0.1, 0.15) is 16.1 Å². The van der Waals surface area contributed by atoms with E-state index in [4.69, 9.17) is 0 Å². The van der Waals surface area contributed by atoms with Crippen molar-refractivity contribution in [1.82, 2.24) is 15.3 Å². The van der Waals surface area contributed by atoms with Crippen LogP contribution in [-0.2, 0) is 6.54 Å². The van der Waals surface area contributed by atoms with Gasteiger partial charge in [0, 0.05) is 5.56 Å². The number of amides is 1. The lowest BCUT2D eigenvalue weighted by Gasteiger charge is -2.05. The van der Waals surface area contributed by atoms with Crippen LogP contribution in [0.2, 0.25) is 0 Å². The van der Waals surface area contributed by atoms with E-state index in [9.17, 15) is 4.79 Å². The van der Waals surface area contributed by atoms with Gasteiger partial charge in [0.15, 0.2) is 0 Å². The standard InChI is InChI=1S/C16H13N3O/c20-16(12-6-2-1-3-7-12)18-11-13-10-17-14-8-4-5-9-15(14)19-13/h1-10H,11H2,(H,18,20). The second-order valence-corrected chi connectivity index (χ2v) is 4.40. The Labute approximate surface area is 116 Å². The van der Waals surface area contributed by atoms with Gasteiger partial charge in [0.2, 0.25) is 0 Å². The van der Waals surface area contributed by atoms with E-state index in [1.165, 1.54) is 0 Å². The fourth-order valence-corrected chi connectivity index (χ4v) is 1.94. The minimum absolute atomic E-state index is 0.111. The van der Waals surface area contributed by atoms with Gasteiger partial charge in [-0.15, -0.1) is 0 Å². The molecule has 1 N–H and O–H groups in total. The first-order valence-corrected chi connectivity index (χ1v) is 6.37. The SMILES string of the molecule is O=C(NCc1cnc2ccccc2n1)c1ccccc1. The maximum absolute atomic E-state index is 11.9. The molecule has 2 aromatic carbocycles. The molecule has 3 aromatic rings. The van der Waals surface area contributed by atoms with Crippen molar-refractivity contribution in [3.8, 4) is 0 Å². The Morgan fingerprint density at radius 2 is 1.65 bits per heavy atom. The van der Waals surface area contributed by atoms with Crippen LogP contribution in [-0.4, -0.2) is 15.9 Å². The molecule has 0 fully saturated rings. The largest absolute Gasteiger partial charge is 0.346 e. The fraction of sp³-hybridized carbons (Fsp3) is 0.0625. The molecule has 20 heavy (non-hydrogen) atoms. The summed E-state index contributed by atoms with van der Waals surface area (Å²) in [4.78, 5) is 20.7. The second kappa shape index (κ2) is 5.48. The van der Waals surface area contributed by atoms with E-state index in [1.807, 2.05) is 42.5 Å². The highest BCUT2D eigenvalue weighted by Gasteiger charge is 2.05. The van der Waals surface area contributed by atoms with E-state index >= 15 is 0 Å². The quantitative estimate of drug-likeness (QED) is 0.790. The molecule has 4 heteroatoms. The van der Waals surface area contributed by atoms with E-state index in [0.717, 1.165) is 16.7 Å². The van der Waals surface area contributed by atoms with Gasteiger partial charge in [0.25, 0.3) is 5.91 Å². The Kier molecular flexibility index (Phi) is 3.37. The number of aromatic nitrogens is 2. The number of carbonyl (C=O) groups is 1. The number of rotatable bonds is 3. The Morgan fingerprint density at radius 3 is 2.45 bits per heavy atom. The van der Waals surface area contributed by atoms with Gasteiger partial charge in [-0.05, 0) is 24.3 Å². The smallest absolute Gasteiger partial charge is 0.251 e. The topological polar surface area (TPSA) is 54.9 Å². The van der Waals surface area contributed by atoms with Gasteiger partial charge in [-0.25, -0.2) is 4.98 Å². The van der Waals surface area contributed by atoms with Crippen molar-refractivity contribution in [3.63, 3.8) is 0 Å². The molecule has 1 aromatic heterocycles. The Balaban J connectivity index is 1.72.